The molecule has 6 heteroatoms. The average molecular weight is 273 g/mol. The first-order valence-corrected chi connectivity index (χ1v) is 7.74. The molecule has 2 N–H and O–H groups in total. The highest BCUT2D eigenvalue weighted by atomic mass is 32.2. The Labute approximate surface area is 113 Å². The Morgan fingerprint density at radius 3 is 2.83 bits per heavy atom. The van der Waals surface area contributed by atoms with Crippen LogP contribution < -0.4 is 10.6 Å². The number of amides is 1. The maximum Gasteiger partial charge on any atom is 0.234 e. The van der Waals surface area contributed by atoms with Crippen molar-refractivity contribution in [3.63, 3.8) is 0 Å². The number of hydrogen-bond donors (Lipinski definition) is 2. The third kappa shape index (κ3) is 3.38. The molecule has 104 valence electrons. The maximum absolute atomic E-state index is 11.6. The van der Waals surface area contributed by atoms with E-state index < -0.39 is 0 Å². The third-order valence-electron chi connectivity index (χ3n) is 3.72. The summed E-state index contributed by atoms with van der Waals surface area (Å²) in [6.07, 6.45) is 1.16. The van der Waals surface area contributed by atoms with Gasteiger partial charge in [0.25, 0.3) is 0 Å². The van der Waals surface area contributed by atoms with Crippen molar-refractivity contribution in [2.24, 2.45) is 0 Å². The number of likely N-dealkylation sites (N-methyl/N-ethyl adjacent to an activating group) is 1. The lowest BCUT2D eigenvalue weighted by molar-refractivity contribution is -0.121. The second-order valence-electron chi connectivity index (χ2n) is 4.93. The van der Waals surface area contributed by atoms with Crippen molar-refractivity contribution in [1.82, 2.24) is 15.5 Å². The molecule has 0 aliphatic carbocycles. The van der Waals surface area contributed by atoms with E-state index in [2.05, 4.69) is 15.5 Å². The molecule has 0 saturated carbocycles. The fourth-order valence-electron chi connectivity index (χ4n) is 2.62. The van der Waals surface area contributed by atoms with E-state index in [1.54, 1.807) is 7.05 Å². The van der Waals surface area contributed by atoms with Crippen LogP contribution in [-0.2, 0) is 9.53 Å². The molecule has 2 saturated heterocycles. The van der Waals surface area contributed by atoms with Crippen molar-refractivity contribution in [1.29, 1.82) is 0 Å². The fourth-order valence-corrected chi connectivity index (χ4v) is 4.10. The zero-order valence-corrected chi connectivity index (χ0v) is 11.9. The predicted molar refractivity (Wildman–Crippen MR) is 74.0 cm³/mol. The van der Waals surface area contributed by atoms with Gasteiger partial charge in [0.2, 0.25) is 5.91 Å². The van der Waals surface area contributed by atoms with Gasteiger partial charge >= 0.3 is 0 Å². The van der Waals surface area contributed by atoms with Crippen molar-refractivity contribution in [2.75, 3.05) is 57.9 Å². The Balaban J connectivity index is 1.91. The van der Waals surface area contributed by atoms with Crippen LogP contribution in [0, 0.1) is 0 Å². The summed E-state index contributed by atoms with van der Waals surface area (Å²) < 4.78 is 5.42. The van der Waals surface area contributed by atoms with Crippen molar-refractivity contribution in [3.05, 3.63) is 0 Å². The molecule has 0 spiro atoms. The zero-order valence-electron chi connectivity index (χ0n) is 11.0. The van der Waals surface area contributed by atoms with Crippen LogP contribution in [0.3, 0.4) is 0 Å². The van der Waals surface area contributed by atoms with E-state index in [0.717, 1.165) is 45.0 Å². The molecule has 0 aromatic heterocycles. The summed E-state index contributed by atoms with van der Waals surface area (Å²) in [7, 11) is 1.79. The number of carbonyl (C=O) groups excluding carboxylic acids is 1. The molecular formula is C12H23N3O2S. The van der Waals surface area contributed by atoms with Gasteiger partial charge in [-0.1, -0.05) is 0 Å². The largest absolute Gasteiger partial charge is 0.379 e. The van der Waals surface area contributed by atoms with Gasteiger partial charge in [0.15, 0.2) is 0 Å². The van der Waals surface area contributed by atoms with Gasteiger partial charge < -0.3 is 15.4 Å². The van der Waals surface area contributed by atoms with Gasteiger partial charge in [-0.2, -0.15) is 11.8 Å². The van der Waals surface area contributed by atoms with Gasteiger partial charge in [-0.15, -0.1) is 0 Å². The Hall–Kier alpha value is -0.300. The third-order valence-corrected chi connectivity index (χ3v) is 4.95. The number of nitrogens with zero attached hydrogens (tertiary/aromatic N) is 1. The average Bonchev–Trinajstić information content (AvgIpc) is 2.88. The summed E-state index contributed by atoms with van der Waals surface area (Å²) in [4.78, 5) is 14.1. The first kappa shape index (κ1) is 14.1. The number of morpholine rings is 1. The molecule has 0 aromatic rings. The monoisotopic (exact) mass is 273 g/mol. The molecule has 1 atom stereocenters. The lowest BCUT2D eigenvalue weighted by atomic mass is 9.95. The van der Waals surface area contributed by atoms with Gasteiger partial charge in [-0.05, 0) is 19.2 Å². The van der Waals surface area contributed by atoms with Crippen LogP contribution in [0.1, 0.15) is 6.42 Å². The smallest absolute Gasteiger partial charge is 0.234 e. The lowest BCUT2D eigenvalue weighted by Gasteiger charge is -2.43. The molecule has 0 aromatic carbocycles. The summed E-state index contributed by atoms with van der Waals surface area (Å²) in [6.45, 7) is 4.77. The second kappa shape index (κ2) is 6.75. The summed E-state index contributed by atoms with van der Waals surface area (Å²) >= 11 is 1.99. The molecule has 1 amide bonds. The van der Waals surface area contributed by atoms with Gasteiger partial charge in [-0.25, -0.2) is 0 Å². The molecule has 18 heavy (non-hydrogen) atoms. The minimum atomic E-state index is 0.0852. The minimum absolute atomic E-state index is 0.0852. The number of nitrogens with one attached hydrogen (secondary N) is 2. The number of carbonyl (C=O) groups is 1. The van der Waals surface area contributed by atoms with Crippen LogP contribution >= 0.6 is 11.8 Å². The lowest BCUT2D eigenvalue weighted by Crippen LogP contribution is -2.59. The molecule has 2 aliphatic rings. The molecule has 5 nitrogen and oxygen atoms in total. The van der Waals surface area contributed by atoms with Crippen LogP contribution in [0.15, 0.2) is 0 Å². The summed E-state index contributed by atoms with van der Waals surface area (Å²) in [5.74, 6) is 2.40. The van der Waals surface area contributed by atoms with Gasteiger partial charge in [0.05, 0.1) is 19.8 Å². The van der Waals surface area contributed by atoms with E-state index in [4.69, 9.17) is 4.74 Å². The van der Waals surface area contributed by atoms with Crippen LogP contribution in [0.2, 0.25) is 0 Å². The molecule has 2 aliphatic heterocycles. The Kier molecular flexibility index (Phi) is 5.29. The second-order valence-corrected chi connectivity index (χ2v) is 6.04. The van der Waals surface area contributed by atoms with Crippen LogP contribution in [0.5, 0.6) is 0 Å². The number of hydrogen-bond acceptors (Lipinski definition) is 5. The number of thioether (sulfide) groups is 1. The fraction of sp³-hybridized carbons (Fsp3) is 0.917. The first-order valence-electron chi connectivity index (χ1n) is 6.59. The Bertz CT molecular complexity index is 276. The predicted octanol–water partition coefficient (Wildman–Crippen LogP) is -0.470. The van der Waals surface area contributed by atoms with Crippen molar-refractivity contribution in [2.45, 2.75) is 12.0 Å². The Morgan fingerprint density at radius 2 is 2.22 bits per heavy atom. The van der Waals surface area contributed by atoms with Gasteiger partial charge in [0.1, 0.15) is 0 Å². The van der Waals surface area contributed by atoms with E-state index in [9.17, 15) is 4.79 Å². The minimum Gasteiger partial charge on any atom is -0.379 e. The quantitative estimate of drug-likeness (QED) is 0.709. The van der Waals surface area contributed by atoms with E-state index >= 15 is 0 Å². The molecule has 0 radical (unpaired) electrons. The molecule has 2 fully saturated rings. The maximum atomic E-state index is 11.6. The molecule has 2 heterocycles. The van der Waals surface area contributed by atoms with E-state index in [1.807, 2.05) is 11.8 Å². The highest BCUT2D eigenvalue weighted by Gasteiger charge is 2.40. The zero-order chi connectivity index (χ0) is 12.8. The number of ether oxygens (including phenoxy) is 1. The van der Waals surface area contributed by atoms with Crippen LogP contribution in [0.25, 0.3) is 0 Å². The Morgan fingerprint density at radius 1 is 1.44 bits per heavy atom. The normalized spacial score (nSPS) is 29.4. The first-order chi connectivity index (χ1) is 8.77. The number of rotatable bonds is 5. The van der Waals surface area contributed by atoms with Crippen molar-refractivity contribution < 1.29 is 9.53 Å². The van der Waals surface area contributed by atoms with Crippen LogP contribution in [0.4, 0.5) is 0 Å². The van der Waals surface area contributed by atoms with Crippen molar-refractivity contribution in [3.8, 4) is 0 Å². The van der Waals surface area contributed by atoms with E-state index in [-0.39, 0.29) is 11.4 Å². The summed E-state index contributed by atoms with van der Waals surface area (Å²) in [6, 6.07) is 0. The highest BCUT2D eigenvalue weighted by Crippen LogP contribution is 2.33. The van der Waals surface area contributed by atoms with Gasteiger partial charge in [0, 0.05) is 30.9 Å². The van der Waals surface area contributed by atoms with E-state index in [1.165, 1.54) is 5.75 Å². The van der Waals surface area contributed by atoms with Crippen molar-refractivity contribution >= 4 is 17.7 Å². The highest BCUT2D eigenvalue weighted by molar-refractivity contribution is 7.99. The van der Waals surface area contributed by atoms with Gasteiger partial charge in [-0.3, -0.25) is 9.69 Å². The standard InChI is InChI=1S/C12H23N3O2S/c1-13-8-11(16)14-9-12(2-7-18-10-12)15-3-5-17-6-4-15/h13H,2-10H2,1H3,(H,14,16). The van der Waals surface area contributed by atoms with E-state index in [0.29, 0.717) is 6.54 Å². The topological polar surface area (TPSA) is 53.6 Å². The SMILES string of the molecule is CNCC(=O)NCC1(N2CCOCC2)CCSC1. The molecule has 0 bridgehead atoms. The molecule has 2 rings (SSSR count). The molecular weight excluding hydrogens is 250 g/mol. The molecule has 1 unspecified atom stereocenters. The summed E-state index contributed by atoms with van der Waals surface area (Å²) in [5, 5.41) is 5.95. The summed E-state index contributed by atoms with van der Waals surface area (Å²) in [5.41, 5.74) is 0.151. The van der Waals surface area contributed by atoms with Crippen LogP contribution in [-0.4, -0.2) is 74.3 Å².